The van der Waals surface area contributed by atoms with E-state index in [0.717, 1.165) is 55.3 Å². The Bertz CT molecular complexity index is 1100. The van der Waals surface area contributed by atoms with Gasteiger partial charge in [-0.05, 0) is 62.4 Å². The Labute approximate surface area is 195 Å². The quantitative estimate of drug-likeness (QED) is 0.566. The van der Waals surface area contributed by atoms with Crippen LogP contribution in [0.15, 0.2) is 54.9 Å². The molecule has 6 nitrogen and oxygen atoms in total. The molecule has 0 radical (unpaired) electrons. The minimum atomic E-state index is 0.166. The lowest BCUT2D eigenvalue weighted by atomic mass is 9.98. The van der Waals surface area contributed by atoms with Crippen molar-refractivity contribution < 1.29 is 4.79 Å². The summed E-state index contributed by atoms with van der Waals surface area (Å²) in [5.74, 6) is 1.86. The normalized spacial score (nSPS) is 18.9. The van der Waals surface area contributed by atoms with Gasteiger partial charge < -0.3 is 0 Å². The Balaban J connectivity index is 1.43. The Morgan fingerprint density at radius 2 is 1.79 bits per heavy atom. The van der Waals surface area contributed by atoms with Gasteiger partial charge in [0.05, 0.1) is 6.04 Å². The molecule has 2 aliphatic rings. The first-order valence-electron chi connectivity index (χ1n) is 12.0. The van der Waals surface area contributed by atoms with Gasteiger partial charge in [0, 0.05) is 43.2 Å². The van der Waals surface area contributed by atoms with Crippen LogP contribution in [0.25, 0.3) is 0 Å². The molecular formula is C27H31N5O. The minimum Gasteiger partial charge on any atom is -0.296 e. The Kier molecular flexibility index (Phi) is 6.44. The zero-order valence-corrected chi connectivity index (χ0v) is 19.3. The fourth-order valence-corrected chi connectivity index (χ4v) is 5.06. The van der Waals surface area contributed by atoms with Crippen molar-refractivity contribution in [3.05, 3.63) is 83.1 Å². The number of benzene rings is 1. The SMILES string of the molecule is Cc1nc([C@@H]2CCCCN2Cc2ccncc2)nc2c1CCC(=O)N2CCc1ccccc1. The molecule has 1 atom stereocenters. The maximum absolute atomic E-state index is 12.9. The highest BCUT2D eigenvalue weighted by Gasteiger charge is 2.32. The van der Waals surface area contributed by atoms with Crippen LogP contribution in [-0.4, -0.2) is 38.8 Å². The van der Waals surface area contributed by atoms with Crippen molar-refractivity contribution in [1.82, 2.24) is 19.9 Å². The lowest BCUT2D eigenvalue weighted by Gasteiger charge is -2.36. The molecule has 0 N–H and O–H groups in total. The van der Waals surface area contributed by atoms with E-state index in [1.54, 1.807) is 0 Å². The maximum atomic E-state index is 12.9. The molecule has 0 aliphatic carbocycles. The second-order valence-corrected chi connectivity index (χ2v) is 9.09. The molecule has 1 fully saturated rings. The zero-order chi connectivity index (χ0) is 22.6. The number of likely N-dealkylation sites (tertiary alicyclic amines) is 1. The average Bonchev–Trinajstić information content (AvgIpc) is 2.85. The number of piperidine rings is 1. The van der Waals surface area contributed by atoms with Gasteiger partial charge in [-0.15, -0.1) is 0 Å². The van der Waals surface area contributed by atoms with Crippen LogP contribution >= 0.6 is 0 Å². The van der Waals surface area contributed by atoms with Gasteiger partial charge in [-0.25, -0.2) is 9.97 Å². The van der Waals surface area contributed by atoms with E-state index in [4.69, 9.17) is 9.97 Å². The topological polar surface area (TPSA) is 62.2 Å². The summed E-state index contributed by atoms with van der Waals surface area (Å²) in [7, 11) is 0. The number of rotatable bonds is 6. The van der Waals surface area contributed by atoms with Gasteiger partial charge in [-0.3, -0.25) is 19.6 Å². The van der Waals surface area contributed by atoms with Crippen LogP contribution in [0.3, 0.4) is 0 Å². The molecule has 0 unspecified atom stereocenters. The van der Waals surface area contributed by atoms with E-state index < -0.39 is 0 Å². The largest absolute Gasteiger partial charge is 0.296 e. The number of anilines is 1. The van der Waals surface area contributed by atoms with E-state index in [1.807, 2.05) is 35.5 Å². The predicted octanol–water partition coefficient (Wildman–Crippen LogP) is 4.43. The molecule has 0 bridgehead atoms. The second kappa shape index (κ2) is 9.79. The third-order valence-electron chi connectivity index (χ3n) is 6.87. The van der Waals surface area contributed by atoms with Crippen molar-refractivity contribution in [3.8, 4) is 0 Å². The molecule has 4 heterocycles. The third-order valence-corrected chi connectivity index (χ3v) is 6.87. The van der Waals surface area contributed by atoms with Crippen LogP contribution in [0, 0.1) is 6.92 Å². The fourth-order valence-electron chi connectivity index (χ4n) is 5.06. The number of carbonyl (C=O) groups is 1. The lowest BCUT2D eigenvalue weighted by Crippen LogP contribution is -2.39. The first kappa shape index (κ1) is 21.7. The molecule has 33 heavy (non-hydrogen) atoms. The van der Waals surface area contributed by atoms with Gasteiger partial charge in [-0.1, -0.05) is 36.8 Å². The van der Waals surface area contributed by atoms with Crippen molar-refractivity contribution in [2.24, 2.45) is 0 Å². The number of nitrogens with zero attached hydrogens (tertiary/aromatic N) is 5. The summed E-state index contributed by atoms with van der Waals surface area (Å²) < 4.78 is 0. The second-order valence-electron chi connectivity index (χ2n) is 9.09. The van der Waals surface area contributed by atoms with Gasteiger partial charge in [0.25, 0.3) is 0 Å². The Hall–Kier alpha value is -3.12. The zero-order valence-electron chi connectivity index (χ0n) is 19.3. The number of carbonyl (C=O) groups excluding carboxylic acids is 1. The standard InChI is InChI=1S/C27H31N5O/c1-20-23-10-11-25(33)32(18-14-21-7-3-2-4-8-21)27(23)30-26(29-20)24-9-5-6-17-31(24)19-22-12-15-28-16-13-22/h2-4,7-8,12-13,15-16,24H,5-6,9-11,14,17-19H2,1H3/t24-/m0/s1. The van der Waals surface area contributed by atoms with Crippen molar-refractivity contribution in [3.63, 3.8) is 0 Å². The number of amides is 1. The molecule has 2 aromatic heterocycles. The summed E-state index contributed by atoms with van der Waals surface area (Å²) >= 11 is 0. The van der Waals surface area contributed by atoms with Crippen molar-refractivity contribution >= 4 is 11.7 Å². The average molecular weight is 442 g/mol. The van der Waals surface area contributed by atoms with Gasteiger partial charge in [0.1, 0.15) is 11.6 Å². The van der Waals surface area contributed by atoms with E-state index in [-0.39, 0.29) is 11.9 Å². The molecule has 3 aromatic rings. The summed E-state index contributed by atoms with van der Waals surface area (Å²) in [5, 5.41) is 0. The van der Waals surface area contributed by atoms with Gasteiger partial charge in [0.15, 0.2) is 0 Å². The van der Waals surface area contributed by atoms with Crippen molar-refractivity contribution in [1.29, 1.82) is 0 Å². The number of pyridine rings is 1. The summed E-state index contributed by atoms with van der Waals surface area (Å²) in [6.45, 7) is 4.62. The van der Waals surface area contributed by atoms with Crippen LogP contribution in [-0.2, 0) is 24.2 Å². The van der Waals surface area contributed by atoms with Gasteiger partial charge >= 0.3 is 0 Å². The highest BCUT2D eigenvalue weighted by molar-refractivity contribution is 5.95. The van der Waals surface area contributed by atoms with Crippen molar-refractivity contribution in [2.75, 3.05) is 18.0 Å². The summed E-state index contributed by atoms with van der Waals surface area (Å²) in [6.07, 6.45) is 9.19. The highest BCUT2D eigenvalue weighted by Crippen LogP contribution is 2.34. The van der Waals surface area contributed by atoms with Gasteiger partial charge in [0.2, 0.25) is 5.91 Å². The van der Waals surface area contributed by atoms with Crippen LogP contribution in [0.1, 0.15) is 59.9 Å². The maximum Gasteiger partial charge on any atom is 0.228 e. The first-order chi connectivity index (χ1) is 16.2. The van der Waals surface area contributed by atoms with Gasteiger partial charge in [-0.2, -0.15) is 0 Å². The molecule has 1 amide bonds. The summed E-state index contributed by atoms with van der Waals surface area (Å²) in [4.78, 5) is 31.5. The molecule has 0 spiro atoms. The fraction of sp³-hybridized carbons (Fsp3) is 0.407. The van der Waals surface area contributed by atoms with E-state index >= 15 is 0 Å². The van der Waals surface area contributed by atoms with Crippen LogP contribution in [0.2, 0.25) is 0 Å². The highest BCUT2D eigenvalue weighted by atomic mass is 16.2. The number of fused-ring (bicyclic) bond motifs is 1. The summed E-state index contributed by atoms with van der Waals surface area (Å²) in [6, 6.07) is 14.7. The number of hydrogen-bond acceptors (Lipinski definition) is 5. The molecule has 170 valence electrons. The van der Waals surface area contributed by atoms with Crippen molar-refractivity contribution in [2.45, 2.75) is 58.0 Å². The smallest absolute Gasteiger partial charge is 0.228 e. The van der Waals surface area contributed by atoms with Crippen LogP contribution in [0.4, 0.5) is 5.82 Å². The number of hydrogen-bond donors (Lipinski definition) is 0. The Morgan fingerprint density at radius 3 is 2.61 bits per heavy atom. The third kappa shape index (κ3) is 4.81. The number of aromatic nitrogens is 3. The number of aryl methyl sites for hydroxylation is 1. The molecule has 6 heteroatoms. The van der Waals surface area contributed by atoms with Crippen LogP contribution < -0.4 is 4.90 Å². The molecule has 1 aromatic carbocycles. The Morgan fingerprint density at radius 1 is 0.970 bits per heavy atom. The molecule has 2 aliphatic heterocycles. The molecule has 1 saturated heterocycles. The predicted molar refractivity (Wildman–Crippen MR) is 129 cm³/mol. The van der Waals surface area contributed by atoms with E-state index in [1.165, 1.54) is 24.0 Å². The van der Waals surface area contributed by atoms with E-state index in [9.17, 15) is 4.79 Å². The molecular weight excluding hydrogens is 410 g/mol. The molecule has 5 rings (SSSR count). The monoisotopic (exact) mass is 441 g/mol. The van der Waals surface area contributed by atoms with Crippen LogP contribution in [0.5, 0.6) is 0 Å². The summed E-state index contributed by atoms with van der Waals surface area (Å²) in [5.41, 5.74) is 4.63. The minimum absolute atomic E-state index is 0.166. The van der Waals surface area contributed by atoms with E-state index in [2.05, 4.69) is 41.1 Å². The lowest BCUT2D eigenvalue weighted by molar-refractivity contribution is -0.118. The van der Waals surface area contributed by atoms with E-state index in [0.29, 0.717) is 13.0 Å². The first-order valence-corrected chi connectivity index (χ1v) is 12.0. The molecule has 0 saturated carbocycles.